The smallest absolute Gasteiger partial charge is 0.292 e. The Balaban J connectivity index is 1.39. The van der Waals surface area contributed by atoms with Gasteiger partial charge in [-0.1, -0.05) is 29.3 Å². The minimum atomic E-state index is -1.52. The van der Waals surface area contributed by atoms with E-state index in [0.29, 0.717) is 16.5 Å². The number of carbonyl (C=O) groups is 1. The van der Waals surface area contributed by atoms with Crippen LogP contribution in [0, 0.1) is 23.3 Å². The highest BCUT2D eigenvalue weighted by Crippen LogP contribution is 2.32. The van der Waals surface area contributed by atoms with Crippen LogP contribution in [0.25, 0.3) is 0 Å². The van der Waals surface area contributed by atoms with Crippen LogP contribution in [0.2, 0.25) is 10.0 Å². The van der Waals surface area contributed by atoms with Crippen LogP contribution in [0.4, 0.5) is 23.4 Å². The van der Waals surface area contributed by atoms with Crippen molar-refractivity contribution in [2.75, 3.05) is 5.32 Å². The van der Waals surface area contributed by atoms with Gasteiger partial charge >= 0.3 is 0 Å². The van der Waals surface area contributed by atoms with Crippen molar-refractivity contribution >= 4 is 34.9 Å². The fourth-order valence-corrected chi connectivity index (χ4v) is 3.29. The number of amides is 1. The Morgan fingerprint density at radius 1 is 1.06 bits per heavy atom. The average molecular weight is 514 g/mol. The number of aromatic nitrogens is 2. The van der Waals surface area contributed by atoms with E-state index in [2.05, 4.69) is 10.4 Å². The Morgan fingerprint density at radius 2 is 1.79 bits per heavy atom. The summed E-state index contributed by atoms with van der Waals surface area (Å²) in [5.41, 5.74) is -0.839. The fraction of sp³-hybridized carbons (Fsp3) is 0.0909. The molecule has 4 rings (SSSR count). The first-order valence-corrected chi connectivity index (χ1v) is 10.3. The van der Waals surface area contributed by atoms with Gasteiger partial charge in [0.25, 0.3) is 5.91 Å². The number of nitrogens with zero attached hydrogens (tertiary/aromatic N) is 2. The van der Waals surface area contributed by atoms with Crippen LogP contribution in [0.5, 0.6) is 5.75 Å². The summed E-state index contributed by atoms with van der Waals surface area (Å²) in [5.74, 6) is -6.13. The maximum Gasteiger partial charge on any atom is 0.292 e. The molecule has 6 nitrogen and oxygen atoms in total. The lowest BCUT2D eigenvalue weighted by molar-refractivity contribution is 0.0992. The first kappa shape index (κ1) is 23.7. The second kappa shape index (κ2) is 9.78. The Bertz CT molecular complexity index is 1350. The first-order valence-electron chi connectivity index (χ1n) is 9.55. The summed E-state index contributed by atoms with van der Waals surface area (Å²) in [7, 11) is 0. The van der Waals surface area contributed by atoms with E-state index in [1.807, 2.05) is 0 Å². The zero-order valence-corrected chi connectivity index (χ0v) is 18.4. The largest absolute Gasteiger partial charge is 0.484 e. The highest BCUT2D eigenvalue weighted by Gasteiger charge is 2.20. The molecule has 0 aliphatic heterocycles. The number of hydrogen-bond donors (Lipinski definition) is 1. The molecule has 0 saturated heterocycles. The van der Waals surface area contributed by atoms with Crippen molar-refractivity contribution in [1.82, 2.24) is 9.78 Å². The fourth-order valence-electron chi connectivity index (χ4n) is 2.94. The molecule has 176 valence electrons. The van der Waals surface area contributed by atoms with Gasteiger partial charge in [-0.2, -0.15) is 5.10 Å². The number of carbonyl (C=O) groups excluding carboxylic acids is 1. The third-order valence-corrected chi connectivity index (χ3v) is 5.38. The number of nitrogens with one attached hydrogen (secondary N) is 1. The molecule has 34 heavy (non-hydrogen) atoms. The maximum absolute atomic E-state index is 13.9. The van der Waals surface area contributed by atoms with E-state index in [9.17, 15) is 22.4 Å². The lowest BCUT2D eigenvalue weighted by atomic mass is 10.2. The molecule has 0 fully saturated rings. The first-order chi connectivity index (χ1) is 16.2. The van der Waals surface area contributed by atoms with Gasteiger partial charge in [0.15, 0.2) is 34.8 Å². The van der Waals surface area contributed by atoms with Crippen molar-refractivity contribution in [3.05, 3.63) is 99.1 Å². The van der Waals surface area contributed by atoms with Crippen molar-refractivity contribution in [1.29, 1.82) is 0 Å². The molecule has 2 aromatic carbocycles. The average Bonchev–Trinajstić information content (AvgIpc) is 3.46. The Labute approximate surface area is 199 Å². The number of benzene rings is 2. The Kier molecular flexibility index (Phi) is 6.80. The summed E-state index contributed by atoms with van der Waals surface area (Å²) in [6.07, 6.45) is 1.27. The molecule has 0 saturated carbocycles. The molecule has 0 unspecified atom stereocenters. The number of ether oxygens (including phenoxy) is 1. The van der Waals surface area contributed by atoms with Crippen molar-refractivity contribution in [2.45, 2.75) is 13.2 Å². The third kappa shape index (κ3) is 5.02. The third-order valence-electron chi connectivity index (χ3n) is 4.58. The van der Waals surface area contributed by atoms with Crippen LogP contribution in [-0.2, 0) is 13.2 Å². The summed E-state index contributed by atoms with van der Waals surface area (Å²) in [6, 6.07) is 9.28. The van der Waals surface area contributed by atoms with Gasteiger partial charge in [0.05, 0.1) is 17.1 Å². The lowest BCUT2D eigenvalue weighted by Gasteiger charge is -2.07. The van der Waals surface area contributed by atoms with Gasteiger partial charge in [-0.05, 0) is 24.3 Å². The molecule has 1 N–H and O–H groups in total. The molecule has 0 aliphatic carbocycles. The molecule has 0 atom stereocenters. The molecule has 0 radical (unpaired) electrons. The molecular formula is C22H13Cl2F4N3O3. The Morgan fingerprint density at radius 3 is 2.53 bits per heavy atom. The van der Waals surface area contributed by atoms with Crippen molar-refractivity contribution in [3.63, 3.8) is 0 Å². The van der Waals surface area contributed by atoms with Gasteiger partial charge in [0.2, 0.25) is 0 Å². The second-order valence-corrected chi connectivity index (χ2v) is 7.69. The number of furan rings is 1. The molecular weight excluding hydrogens is 501 g/mol. The van der Waals surface area contributed by atoms with Crippen LogP contribution in [0.3, 0.4) is 0 Å². The van der Waals surface area contributed by atoms with Crippen LogP contribution in [-0.4, -0.2) is 15.7 Å². The van der Waals surface area contributed by atoms with E-state index in [1.165, 1.54) is 24.4 Å². The zero-order valence-electron chi connectivity index (χ0n) is 16.9. The highest BCUT2D eigenvalue weighted by atomic mass is 35.5. The summed E-state index contributed by atoms with van der Waals surface area (Å²) >= 11 is 12.0. The SMILES string of the molecule is O=C(Nc1ccn(Cc2c(F)c(F)cc(F)c2F)n1)c1ccc(COc2cccc(Cl)c2Cl)o1. The van der Waals surface area contributed by atoms with Crippen molar-refractivity contribution in [3.8, 4) is 5.75 Å². The topological polar surface area (TPSA) is 69.3 Å². The standard InChI is InChI=1S/C22H13Cl2F4N3O3/c23-13-2-1-3-16(19(13)24)33-10-11-4-5-17(34-11)22(32)29-18-6-7-31(30-18)9-12-20(27)14(25)8-15(26)21(12)28/h1-8H,9-10H2,(H,29,30,32). The van der Waals surface area contributed by atoms with Crippen molar-refractivity contribution < 1.29 is 31.5 Å². The zero-order chi connectivity index (χ0) is 24.4. The summed E-state index contributed by atoms with van der Waals surface area (Å²) < 4.78 is 66.4. The predicted octanol–water partition coefficient (Wildman–Crippen LogP) is 6.22. The minimum Gasteiger partial charge on any atom is -0.484 e. The Hall–Kier alpha value is -3.50. The lowest BCUT2D eigenvalue weighted by Crippen LogP contribution is -2.13. The molecule has 2 heterocycles. The van der Waals surface area contributed by atoms with Crippen LogP contribution < -0.4 is 10.1 Å². The van der Waals surface area contributed by atoms with Gasteiger partial charge in [-0.25, -0.2) is 17.6 Å². The monoisotopic (exact) mass is 513 g/mol. The number of hydrogen-bond acceptors (Lipinski definition) is 4. The van der Waals surface area contributed by atoms with Crippen LogP contribution in [0.15, 0.2) is 53.1 Å². The predicted molar refractivity (Wildman–Crippen MR) is 115 cm³/mol. The molecule has 1 amide bonds. The molecule has 0 aliphatic rings. The normalized spacial score (nSPS) is 11.0. The van der Waals surface area contributed by atoms with E-state index in [4.69, 9.17) is 32.4 Å². The second-order valence-electron chi connectivity index (χ2n) is 6.91. The summed E-state index contributed by atoms with van der Waals surface area (Å²) in [6.45, 7) is -0.625. The maximum atomic E-state index is 13.9. The van der Waals surface area contributed by atoms with E-state index in [0.717, 1.165) is 4.68 Å². The molecule has 2 aromatic heterocycles. The van der Waals surface area contributed by atoms with Crippen LogP contribution in [0.1, 0.15) is 21.9 Å². The van der Waals surface area contributed by atoms with Gasteiger partial charge in [-0.15, -0.1) is 0 Å². The van der Waals surface area contributed by atoms with E-state index in [1.54, 1.807) is 18.2 Å². The number of halogens is 6. The number of anilines is 1. The molecule has 12 heteroatoms. The van der Waals surface area contributed by atoms with E-state index < -0.39 is 41.3 Å². The molecule has 4 aromatic rings. The minimum absolute atomic E-state index is 0.0163. The quantitative estimate of drug-likeness (QED) is 0.235. The van der Waals surface area contributed by atoms with Gasteiger partial charge in [0.1, 0.15) is 23.1 Å². The van der Waals surface area contributed by atoms with Crippen LogP contribution >= 0.6 is 23.2 Å². The van der Waals surface area contributed by atoms with E-state index >= 15 is 0 Å². The van der Waals surface area contributed by atoms with Crippen molar-refractivity contribution in [2.24, 2.45) is 0 Å². The molecule has 0 bridgehead atoms. The number of rotatable bonds is 7. The van der Waals surface area contributed by atoms with Gasteiger partial charge in [-0.3, -0.25) is 9.48 Å². The molecule has 0 spiro atoms. The summed E-state index contributed by atoms with van der Waals surface area (Å²) in [4.78, 5) is 12.4. The van der Waals surface area contributed by atoms with Gasteiger partial charge in [0, 0.05) is 18.3 Å². The summed E-state index contributed by atoms with van der Waals surface area (Å²) in [5, 5.41) is 6.93. The van der Waals surface area contributed by atoms with E-state index in [-0.39, 0.29) is 29.3 Å². The highest BCUT2D eigenvalue weighted by molar-refractivity contribution is 6.42. The van der Waals surface area contributed by atoms with Gasteiger partial charge < -0.3 is 14.5 Å².